The fraction of sp³-hybridized carbons (Fsp3) is 0.111. The number of hydrogen-bond donors (Lipinski definition) is 0. The minimum absolute atomic E-state index is 0.401. The third kappa shape index (κ3) is 2.28. The highest BCUT2D eigenvalue weighted by molar-refractivity contribution is 7.98. The third-order valence-corrected chi connectivity index (χ3v) is 3.57. The van der Waals surface area contributed by atoms with Crippen LogP contribution in [0, 0.1) is 0 Å². The van der Waals surface area contributed by atoms with Crippen LogP contribution in [-0.2, 0) is 0 Å². The van der Waals surface area contributed by atoms with Gasteiger partial charge >= 0.3 is 0 Å². The minimum Gasteiger partial charge on any atom is -0.210 e. The third-order valence-electron chi connectivity index (χ3n) is 1.79. The van der Waals surface area contributed by atoms with Crippen LogP contribution in [0.15, 0.2) is 22.0 Å². The zero-order chi connectivity index (χ0) is 10.8. The lowest BCUT2D eigenvalue weighted by molar-refractivity contribution is 0.974. The van der Waals surface area contributed by atoms with Crippen molar-refractivity contribution >= 4 is 46.3 Å². The Kier molecular flexibility index (Phi) is 3.51. The van der Waals surface area contributed by atoms with Crippen molar-refractivity contribution in [2.24, 2.45) is 0 Å². The fourth-order valence-electron chi connectivity index (χ4n) is 1.13. The predicted octanol–water partition coefficient (Wildman–Crippen LogP) is 4.23. The van der Waals surface area contributed by atoms with Gasteiger partial charge < -0.3 is 0 Å². The second-order valence-corrected chi connectivity index (χ2v) is 4.95. The first-order valence-electron chi connectivity index (χ1n) is 4.02. The molecule has 15 heavy (non-hydrogen) atoms. The molecule has 2 heterocycles. The molecule has 0 aliphatic heterocycles. The van der Waals surface area contributed by atoms with Crippen LogP contribution in [-0.4, -0.2) is 16.2 Å². The molecule has 6 heteroatoms. The van der Waals surface area contributed by atoms with Gasteiger partial charge in [0.1, 0.15) is 10.3 Å². The molecule has 0 atom stereocenters. The van der Waals surface area contributed by atoms with Gasteiger partial charge in [-0.05, 0) is 28.6 Å². The Labute approximate surface area is 106 Å². The Balaban J connectivity index is 2.58. The van der Waals surface area contributed by atoms with Gasteiger partial charge in [0.05, 0.1) is 5.56 Å². The van der Waals surface area contributed by atoms with Crippen molar-refractivity contribution in [2.75, 3.05) is 6.26 Å². The average molecular weight is 277 g/mol. The van der Waals surface area contributed by atoms with Crippen LogP contribution in [0.4, 0.5) is 0 Å². The maximum absolute atomic E-state index is 6.06. The predicted molar refractivity (Wildman–Crippen MR) is 67.1 cm³/mol. The molecule has 2 rings (SSSR count). The average Bonchev–Trinajstić information content (AvgIpc) is 2.69. The molecule has 0 bridgehead atoms. The van der Waals surface area contributed by atoms with E-state index in [0.717, 1.165) is 5.56 Å². The van der Waals surface area contributed by atoms with Gasteiger partial charge in [-0.2, -0.15) is 11.3 Å². The molecule has 0 aliphatic rings. The lowest BCUT2D eigenvalue weighted by Gasteiger charge is -2.04. The molecule has 0 saturated carbocycles. The normalized spacial score (nSPS) is 10.6. The Morgan fingerprint density at radius 2 is 1.93 bits per heavy atom. The second-order valence-electron chi connectivity index (χ2n) is 2.68. The quantitative estimate of drug-likeness (QED) is 0.466. The summed E-state index contributed by atoms with van der Waals surface area (Å²) in [6.45, 7) is 0. The van der Waals surface area contributed by atoms with Crippen molar-refractivity contribution in [1.29, 1.82) is 0 Å². The van der Waals surface area contributed by atoms with E-state index in [2.05, 4.69) is 9.97 Å². The Morgan fingerprint density at radius 3 is 2.40 bits per heavy atom. The van der Waals surface area contributed by atoms with Gasteiger partial charge in [0, 0.05) is 0 Å². The molecule has 78 valence electrons. The van der Waals surface area contributed by atoms with Gasteiger partial charge in [-0.15, -0.1) is 0 Å². The van der Waals surface area contributed by atoms with Gasteiger partial charge in [-0.1, -0.05) is 35.0 Å². The monoisotopic (exact) mass is 276 g/mol. The number of hydrogen-bond acceptors (Lipinski definition) is 4. The molecule has 2 nitrogen and oxygen atoms in total. The summed E-state index contributed by atoms with van der Waals surface area (Å²) in [6, 6.07) is 1.94. The van der Waals surface area contributed by atoms with Crippen molar-refractivity contribution in [3.63, 3.8) is 0 Å². The fourth-order valence-corrected chi connectivity index (χ4v) is 2.84. The molecule has 2 aromatic heterocycles. The summed E-state index contributed by atoms with van der Waals surface area (Å²) in [6.07, 6.45) is 1.88. The maximum Gasteiger partial charge on any atom is 0.190 e. The van der Waals surface area contributed by atoms with E-state index in [9.17, 15) is 0 Å². The highest BCUT2D eigenvalue weighted by atomic mass is 35.5. The van der Waals surface area contributed by atoms with Crippen LogP contribution >= 0.6 is 46.3 Å². The summed E-state index contributed by atoms with van der Waals surface area (Å²) in [5.74, 6) is 0. The van der Waals surface area contributed by atoms with Crippen molar-refractivity contribution in [1.82, 2.24) is 9.97 Å². The number of rotatable bonds is 2. The lowest BCUT2D eigenvalue weighted by atomic mass is 10.2. The summed E-state index contributed by atoms with van der Waals surface area (Å²) < 4.78 is 0. The van der Waals surface area contributed by atoms with E-state index in [1.165, 1.54) is 11.8 Å². The molecule has 0 N–H and O–H groups in total. The Morgan fingerprint density at radius 1 is 1.27 bits per heavy atom. The van der Waals surface area contributed by atoms with Crippen molar-refractivity contribution in [3.8, 4) is 11.1 Å². The first-order chi connectivity index (χ1) is 7.22. The lowest BCUT2D eigenvalue weighted by Crippen LogP contribution is -1.91. The largest absolute Gasteiger partial charge is 0.210 e. The van der Waals surface area contributed by atoms with E-state index in [1.54, 1.807) is 11.3 Å². The standard InChI is InChI=1S/C9H6Cl2N2S2/c1-14-9-12-7(10)6(8(11)13-9)5-2-3-15-4-5/h2-4H,1H3. The molecular weight excluding hydrogens is 271 g/mol. The highest BCUT2D eigenvalue weighted by Crippen LogP contribution is 2.34. The van der Waals surface area contributed by atoms with Crippen LogP contribution in [0.2, 0.25) is 10.3 Å². The number of nitrogens with zero attached hydrogens (tertiary/aromatic N) is 2. The Bertz CT molecular complexity index is 448. The van der Waals surface area contributed by atoms with Gasteiger partial charge in [0.2, 0.25) is 0 Å². The molecule has 0 saturated heterocycles. The van der Waals surface area contributed by atoms with E-state index in [-0.39, 0.29) is 0 Å². The van der Waals surface area contributed by atoms with E-state index in [4.69, 9.17) is 23.2 Å². The Hall–Kier alpha value is -0.290. The molecule has 0 amide bonds. The zero-order valence-corrected chi connectivity index (χ0v) is 10.8. The van der Waals surface area contributed by atoms with Crippen molar-refractivity contribution in [2.45, 2.75) is 5.16 Å². The first kappa shape index (κ1) is 11.2. The zero-order valence-electron chi connectivity index (χ0n) is 7.70. The SMILES string of the molecule is CSc1nc(Cl)c(-c2ccsc2)c(Cl)n1. The maximum atomic E-state index is 6.06. The highest BCUT2D eigenvalue weighted by Gasteiger charge is 2.13. The van der Waals surface area contributed by atoms with E-state index in [1.807, 2.05) is 23.1 Å². The molecule has 0 aliphatic carbocycles. The van der Waals surface area contributed by atoms with Crippen LogP contribution < -0.4 is 0 Å². The first-order valence-corrected chi connectivity index (χ1v) is 6.94. The summed E-state index contributed by atoms with van der Waals surface area (Å²) in [5.41, 5.74) is 1.67. The number of aromatic nitrogens is 2. The molecule has 0 unspecified atom stereocenters. The van der Waals surface area contributed by atoms with Gasteiger partial charge in [-0.25, -0.2) is 9.97 Å². The summed E-state index contributed by atoms with van der Waals surface area (Å²) in [7, 11) is 0. The minimum atomic E-state index is 0.401. The van der Waals surface area contributed by atoms with E-state index in [0.29, 0.717) is 21.0 Å². The molecule has 0 spiro atoms. The van der Waals surface area contributed by atoms with Gasteiger partial charge in [0.15, 0.2) is 5.16 Å². The van der Waals surface area contributed by atoms with Crippen LogP contribution in [0.1, 0.15) is 0 Å². The number of thiophene rings is 1. The number of halogens is 2. The van der Waals surface area contributed by atoms with Crippen molar-refractivity contribution < 1.29 is 0 Å². The molecule has 2 aromatic rings. The summed E-state index contributed by atoms with van der Waals surface area (Å²) in [5, 5.41) is 5.32. The smallest absolute Gasteiger partial charge is 0.190 e. The van der Waals surface area contributed by atoms with Gasteiger partial charge in [-0.3, -0.25) is 0 Å². The molecule has 0 fully saturated rings. The second kappa shape index (κ2) is 4.70. The van der Waals surface area contributed by atoms with E-state index >= 15 is 0 Å². The summed E-state index contributed by atoms with van der Waals surface area (Å²) in [4.78, 5) is 8.29. The van der Waals surface area contributed by atoms with Crippen LogP contribution in [0.3, 0.4) is 0 Å². The molecule has 0 aromatic carbocycles. The van der Waals surface area contributed by atoms with E-state index < -0.39 is 0 Å². The molecular formula is C9H6Cl2N2S2. The number of thioether (sulfide) groups is 1. The summed E-state index contributed by atoms with van der Waals surface area (Å²) >= 11 is 15.1. The topological polar surface area (TPSA) is 25.8 Å². The van der Waals surface area contributed by atoms with Crippen LogP contribution in [0.5, 0.6) is 0 Å². The van der Waals surface area contributed by atoms with Crippen molar-refractivity contribution in [3.05, 3.63) is 27.1 Å². The van der Waals surface area contributed by atoms with Gasteiger partial charge in [0.25, 0.3) is 0 Å². The molecule has 0 radical (unpaired) electrons. The van der Waals surface area contributed by atoms with Crippen LogP contribution in [0.25, 0.3) is 11.1 Å².